The molecule has 8 heteroatoms. The van der Waals surface area contributed by atoms with Crippen LogP contribution in [-0.2, 0) is 22.9 Å². The fourth-order valence-corrected chi connectivity index (χ4v) is 3.84. The zero-order valence-electron chi connectivity index (χ0n) is 10.2. The van der Waals surface area contributed by atoms with Crippen LogP contribution in [0.15, 0.2) is 11.2 Å². The summed E-state index contributed by atoms with van der Waals surface area (Å²) in [5.41, 5.74) is 1.35. The Hall–Kier alpha value is -1.25. The predicted molar refractivity (Wildman–Crippen MR) is 72.3 cm³/mol. The van der Waals surface area contributed by atoms with E-state index in [0.29, 0.717) is 5.82 Å². The Bertz CT molecular complexity index is 679. The monoisotopic (exact) mass is 298 g/mol. The Morgan fingerprint density at radius 3 is 2.79 bits per heavy atom. The number of nitrogens with two attached hydrogens (primary N) is 1. The smallest absolute Gasteiger partial charge is 0.248 e. The van der Waals surface area contributed by atoms with E-state index < -0.39 is 10.0 Å². The van der Waals surface area contributed by atoms with E-state index in [1.165, 1.54) is 29.7 Å². The average Bonchev–Trinajstić information content (AvgIpc) is 2.91. The zero-order chi connectivity index (χ0) is 13.5. The number of nitrogens with zero attached hydrogens (tertiary/aromatic N) is 2. The Morgan fingerprint density at radius 1 is 1.26 bits per heavy atom. The van der Waals surface area contributed by atoms with Crippen molar-refractivity contribution in [3.8, 4) is 10.7 Å². The summed E-state index contributed by atoms with van der Waals surface area (Å²) in [5, 5.41) is 11.0. The van der Waals surface area contributed by atoms with E-state index >= 15 is 0 Å². The van der Waals surface area contributed by atoms with Crippen LogP contribution in [0.4, 0.5) is 0 Å². The van der Waals surface area contributed by atoms with Crippen LogP contribution in [-0.4, -0.2) is 23.6 Å². The summed E-state index contributed by atoms with van der Waals surface area (Å²) in [5.74, 6) is 0.405. The van der Waals surface area contributed by atoms with Crippen LogP contribution in [0.3, 0.4) is 0 Å². The fourth-order valence-electron chi connectivity index (χ4n) is 2.26. The number of hydrogen-bond donors (Lipinski definition) is 2. The van der Waals surface area contributed by atoms with Crippen LogP contribution in [0.2, 0.25) is 0 Å². The standard InChI is InChI=1S/C11H14N4O2S2/c12-19(16,17)11-13-10(14-15-11)9-6-7-4-2-1-3-5-8(7)18-9/h6H,1-5H2,(H2,12,16,17)(H,13,14,15). The summed E-state index contributed by atoms with van der Waals surface area (Å²) in [7, 11) is -3.82. The first-order chi connectivity index (χ1) is 9.04. The molecule has 0 bridgehead atoms. The van der Waals surface area contributed by atoms with Gasteiger partial charge in [-0.2, -0.15) is 10.1 Å². The first-order valence-electron chi connectivity index (χ1n) is 6.11. The summed E-state index contributed by atoms with van der Waals surface area (Å²) in [6.07, 6.45) is 5.86. The van der Waals surface area contributed by atoms with Gasteiger partial charge in [0.15, 0.2) is 5.82 Å². The maximum absolute atomic E-state index is 11.2. The van der Waals surface area contributed by atoms with Gasteiger partial charge >= 0.3 is 0 Å². The van der Waals surface area contributed by atoms with Crippen LogP contribution < -0.4 is 5.14 Å². The molecule has 0 spiro atoms. The molecule has 0 unspecified atom stereocenters. The Labute approximate surface area is 115 Å². The maximum atomic E-state index is 11.2. The van der Waals surface area contributed by atoms with Crippen molar-refractivity contribution in [1.82, 2.24) is 15.2 Å². The van der Waals surface area contributed by atoms with Crippen molar-refractivity contribution < 1.29 is 8.42 Å². The molecule has 1 aliphatic rings. The van der Waals surface area contributed by atoms with Gasteiger partial charge in [-0.25, -0.2) is 18.7 Å². The lowest BCUT2D eigenvalue weighted by Crippen LogP contribution is -2.13. The molecule has 2 heterocycles. The molecule has 6 nitrogen and oxygen atoms in total. The molecule has 0 radical (unpaired) electrons. The molecular weight excluding hydrogens is 284 g/mol. The van der Waals surface area contributed by atoms with Crippen molar-refractivity contribution in [2.75, 3.05) is 0 Å². The van der Waals surface area contributed by atoms with Gasteiger partial charge in [0.05, 0.1) is 4.88 Å². The minimum atomic E-state index is -3.82. The molecule has 3 rings (SSSR count). The highest BCUT2D eigenvalue weighted by molar-refractivity contribution is 7.89. The van der Waals surface area contributed by atoms with Gasteiger partial charge in [-0.3, -0.25) is 0 Å². The molecule has 3 N–H and O–H groups in total. The van der Waals surface area contributed by atoms with E-state index in [1.807, 2.05) is 0 Å². The molecule has 0 amide bonds. The summed E-state index contributed by atoms with van der Waals surface area (Å²) < 4.78 is 22.3. The molecule has 1 aliphatic carbocycles. The minimum absolute atomic E-state index is 0.286. The summed E-state index contributed by atoms with van der Waals surface area (Å²) in [6, 6.07) is 2.07. The number of primary sulfonamides is 1. The highest BCUT2D eigenvalue weighted by atomic mass is 32.2. The maximum Gasteiger partial charge on any atom is 0.273 e. The Morgan fingerprint density at radius 2 is 2.05 bits per heavy atom. The quantitative estimate of drug-likeness (QED) is 0.819. The van der Waals surface area contributed by atoms with Gasteiger partial charge in [0.2, 0.25) is 0 Å². The van der Waals surface area contributed by atoms with Crippen molar-refractivity contribution in [3.05, 3.63) is 16.5 Å². The van der Waals surface area contributed by atoms with Crippen molar-refractivity contribution in [1.29, 1.82) is 0 Å². The number of fused-ring (bicyclic) bond motifs is 1. The van der Waals surface area contributed by atoms with Gasteiger partial charge in [0.1, 0.15) is 0 Å². The van der Waals surface area contributed by atoms with E-state index in [2.05, 4.69) is 21.2 Å². The number of nitrogens with one attached hydrogen (secondary N) is 1. The van der Waals surface area contributed by atoms with Gasteiger partial charge in [-0.15, -0.1) is 11.3 Å². The molecule has 0 fully saturated rings. The number of rotatable bonds is 2. The van der Waals surface area contributed by atoms with Crippen molar-refractivity contribution in [3.63, 3.8) is 0 Å². The zero-order valence-corrected chi connectivity index (χ0v) is 11.9. The van der Waals surface area contributed by atoms with Crippen LogP contribution >= 0.6 is 11.3 Å². The van der Waals surface area contributed by atoms with E-state index in [0.717, 1.165) is 17.7 Å². The van der Waals surface area contributed by atoms with Crippen LogP contribution in [0.5, 0.6) is 0 Å². The number of H-pyrrole nitrogens is 1. The van der Waals surface area contributed by atoms with Gasteiger partial charge in [0, 0.05) is 4.88 Å². The number of aromatic amines is 1. The molecule has 0 saturated heterocycles. The molecule has 2 aromatic heterocycles. The van der Waals surface area contributed by atoms with Crippen LogP contribution in [0.25, 0.3) is 10.7 Å². The highest BCUT2D eigenvalue weighted by Gasteiger charge is 2.18. The van der Waals surface area contributed by atoms with E-state index in [4.69, 9.17) is 5.14 Å². The fraction of sp³-hybridized carbons (Fsp3) is 0.455. The van der Waals surface area contributed by atoms with Gasteiger partial charge in [-0.05, 0) is 37.3 Å². The largest absolute Gasteiger partial charge is 0.273 e. The highest BCUT2D eigenvalue weighted by Crippen LogP contribution is 2.33. The summed E-state index contributed by atoms with van der Waals surface area (Å²) >= 11 is 1.65. The molecule has 2 aromatic rings. The minimum Gasteiger partial charge on any atom is -0.248 e. The molecule has 0 aliphatic heterocycles. The lowest BCUT2D eigenvalue weighted by Gasteiger charge is -1.92. The molecule has 102 valence electrons. The average molecular weight is 298 g/mol. The number of aromatic nitrogens is 3. The van der Waals surface area contributed by atoms with Crippen LogP contribution in [0.1, 0.15) is 29.7 Å². The van der Waals surface area contributed by atoms with Crippen molar-refractivity contribution >= 4 is 21.4 Å². The SMILES string of the molecule is NS(=O)(=O)c1nc(-c2cc3c(s2)CCCCC3)n[nH]1. The van der Waals surface area contributed by atoms with Gasteiger partial charge in [-0.1, -0.05) is 6.42 Å². The molecule has 0 aromatic carbocycles. The van der Waals surface area contributed by atoms with E-state index in [1.54, 1.807) is 11.3 Å². The molecular formula is C11H14N4O2S2. The third kappa shape index (κ3) is 2.56. The molecule has 0 saturated carbocycles. The second-order valence-corrected chi connectivity index (χ2v) is 7.24. The van der Waals surface area contributed by atoms with Crippen molar-refractivity contribution in [2.45, 2.75) is 37.3 Å². The second kappa shape index (κ2) is 4.69. The Kier molecular flexibility index (Phi) is 3.15. The predicted octanol–water partition coefficient (Wildman–Crippen LogP) is 1.45. The summed E-state index contributed by atoms with van der Waals surface area (Å²) in [4.78, 5) is 6.22. The van der Waals surface area contributed by atoms with Crippen molar-refractivity contribution in [2.24, 2.45) is 5.14 Å². The van der Waals surface area contributed by atoms with Crippen LogP contribution in [0, 0.1) is 0 Å². The van der Waals surface area contributed by atoms with E-state index in [9.17, 15) is 8.42 Å². The topological polar surface area (TPSA) is 102 Å². The number of thiophene rings is 1. The lowest BCUT2D eigenvalue weighted by atomic mass is 10.1. The molecule has 19 heavy (non-hydrogen) atoms. The van der Waals surface area contributed by atoms with E-state index in [-0.39, 0.29) is 5.16 Å². The second-order valence-electron chi connectivity index (χ2n) is 4.63. The number of aryl methyl sites for hydroxylation is 2. The number of sulfonamides is 1. The third-order valence-electron chi connectivity index (χ3n) is 3.20. The number of hydrogen-bond acceptors (Lipinski definition) is 5. The first kappa shape index (κ1) is 12.8. The summed E-state index contributed by atoms with van der Waals surface area (Å²) in [6.45, 7) is 0. The van der Waals surface area contributed by atoms with Gasteiger partial charge in [0.25, 0.3) is 15.2 Å². The third-order valence-corrected chi connectivity index (χ3v) is 5.16. The lowest BCUT2D eigenvalue weighted by molar-refractivity contribution is 0.589. The first-order valence-corrected chi connectivity index (χ1v) is 8.47. The Balaban J connectivity index is 1.97. The van der Waals surface area contributed by atoms with Gasteiger partial charge < -0.3 is 0 Å². The molecule has 0 atom stereocenters. The normalized spacial score (nSPS) is 16.1.